The molecule has 3 saturated heterocycles. The lowest BCUT2D eigenvalue weighted by molar-refractivity contribution is -0.142. The van der Waals surface area contributed by atoms with Crippen molar-refractivity contribution in [3.05, 3.63) is 56.5 Å². The molecule has 46 heavy (non-hydrogen) atoms. The maximum atomic E-state index is 13.9. The molecule has 3 fully saturated rings. The monoisotopic (exact) mass is 760 g/mol. The van der Waals surface area contributed by atoms with Gasteiger partial charge in [-0.05, 0) is 118 Å². The fourth-order valence-corrected chi connectivity index (χ4v) is 8.69. The van der Waals surface area contributed by atoms with E-state index in [1.165, 1.54) is 0 Å². The van der Waals surface area contributed by atoms with Gasteiger partial charge in [0.05, 0.1) is 8.95 Å². The Bertz CT molecular complexity index is 1400. The maximum Gasteiger partial charge on any atom is 0.410 e. The van der Waals surface area contributed by atoms with Crippen LogP contribution in [-0.2, 0) is 27.1 Å². The van der Waals surface area contributed by atoms with Gasteiger partial charge in [0.25, 0.3) is 5.91 Å². The Kier molecular flexibility index (Phi) is 10.7. The highest BCUT2D eigenvalue weighted by atomic mass is 79.9. The van der Waals surface area contributed by atoms with E-state index >= 15 is 0 Å². The van der Waals surface area contributed by atoms with Crippen LogP contribution in [0.15, 0.2) is 45.3 Å². The average Bonchev–Trinajstić information content (AvgIpc) is 3.25. The van der Waals surface area contributed by atoms with Crippen LogP contribution in [0.25, 0.3) is 0 Å². The fourth-order valence-electron chi connectivity index (χ4n) is 7.41. The number of nitrogens with zero attached hydrogens (tertiary/aromatic N) is 3. The molecule has 0 unspecified atom stereocenters. The second-order valence-corrected chi connectivity index (χ2v) is 14.6. The van der Waals surface area contributed by atoms with E-state index in [-0.39, 0.29) is 30.2 Å². The first-order chi connectivity index (χ1) is 22.3. The second-order valence-electron chi connectivity index (χ2n) is 12.8. The summed E-state index contributed by atoms with van der Waals surface area (Å²) in [6.07, 6.45) is 4.76. The number of carbonyl (C=O) groups is 3. The number of benzene rings is 2. The zero-order chi connectivity index (χ0) is 32.2. The second kappa shape index (κ2) is 14.9. The van der Waals surface area contributed by atoms with Crippen LogP contribution in [0, 0.1) is 11.8 Å². The number of rotatable bonds is 6. The third-order valence-electron chi connectivity index (χ3n) is 10.1. The Morgan fingerprint density at radius 2 is 1.54 bits per heavy atom. The van der Waals surface area contributed by atoms with Crippen LogP contribution in [0.5, 0.6) is 5.75 Å². The van der Waals surface area contributed by atoms with Gasteiger partial charge in [0, 0.05) is 64.1 Å². The molecule has 0 spiro atoms. The Hall–Kier alpha value is -2.83. The standard InChI is InChI=1S/C34H42Br2N4O6/c35-27-19-22(20-28(36)31(27)41)21-30(32(42)38-12-5-23(6-13-38)24-10-17-45-18-11-24)46-34(44)39-14-8-26(9-15-39)40-16-7-25-3-1-2-4-29(25)37-33(40)43/h1-4,19-20,23-24,26,30,41H,5-18,21H2,(H,37,43)/t30-/m1/s1. The van der Waals surface area contributed by atoms with Crippen LogP contribution in [0.3, 0.4) is 0 Å². The van der Waals surface area contributed by atoms with Gasteiger partial charge in [-0.1, -0.05) is 18.2 Å². The predicted molar refractivity (Wildman–Crippen MR) is 181 cm³/mol. The number of phenolic OH excluding ortho intramolecular Hbond substituents is 1. The molecule has 4 amide bonds. The van der Waals surface area contributed by atoms with Crippen molar-refractivity contribution in [2.24, 2.45) is 11.8 Å². The molecule has 0 aliphatic carbocycles. The van der Waals surface area contributed by atoms with Crippen molar-refractivity contribution >= 4 is 55.6 Å². The molecule has 4 aliphatic rings. The number of ether oxygens (including phenoxy) is 2. The summed E-state index contributed by atoms with van der Waals surface area (Å²) >= 11 is 6.76. The number of likely N-dealkylation sites (tertiary alicyclic amines) is 2. The molecule has 248 valence electrons. The first-order valence-corrected chi connectivity index (χ1v) is 18.0. The molecule has 2 aromatic carbocycles. The van der Waals surface area contributed by atoms with Crippen molar-refractivity contribution < 1.29 is 29.0 Å². The summed E-state index contributed by atoms with van der Waals surface area (Å²) in [6, 6.07) is 11.3. The summed E-state index contributed by atoms with van der Waals surface area (Å²) in [5, 5.41) is 13.3. The summed E-state index contributed by atoms with van der Waals surface area (Å²) in [7, 11) is 0. The highest BCUT2D eigenvalue weighted by Crippen LogP contribution is 2.35. The van der Waals surface area contributed by atoms with E-state index in [1.54, 1.807) is 17.0 Å². The number of para-hydroxylation sites is 1. The first kappa shape index (κ1) is 33.1. The van der Waals surface area contributed by atoms with Crippen molar-refractivity contribution in [2.75, 3.05) is 51.3 Å². The molecular formula is C34H42Br2N4O6. The molecule has 0 saturated carbocycles. The van der Waals surface area contributed by atoms with Gasteiger partial charge in [0.2, 0.25) is 0 Å². The number of aromatic hydroxyl groups is 1. The molecule has 12 heteroatoms. The lowest BCUT2D eigenvalue weighted by Crippen LogP contribution is -2.51. The Morgan fingerprint density at radius 1 is 0.913 bits per heavy atom. The zero-order valence-corrected chi connectivity index (χ0v) is 29.1. The van der Waals surface area contributed by atoms with Crippen molar-refractivity contribution in [2.45, 2.75) is 63.5 Å². The van der Waals surface area contributed by atoms with Crippen LogP contribution in [-0.4, -0.2) is 95.9 Å². The minimum absolute atomic E-state index is 0.0134. The average molecular weight is 763 g/mol. The SMILES string of the molecule is O=C(O[C@H](Cc1cc(Br)c(O)c(Br)c1)C(=O)N1CCC(C2CCOCC2)CC1)N1CCC(N2CCc3ccccc3NC2=O)CC1. The van der Waals surface area contributed by atoms with E-state index in [9.17, 15) is 19.5 Å². The number of fused-ring (bicyclic) bond motifs is 1. The molecule has 6 rings (SSSR count). The van der Waals surface area contributed by atoms with Gasteiger partial charge in [-0.15, -0.1) is 0 Å². The number of halogens is 2. The Morgan fingerprint density at radius 3 is 2.24 bits per heavy atom. The van der Waals surface area contributed by atoms with Crippen LogP contribution >= 0.6 is 31.9 Å². The molecule has 1 atom stereocenters. The normalized spacial score (nSPS) is 20.9. The predicted octanol–water partition coefficient (Wildman–Crippen LogP) is 6.18. The lowest BCUT2D eigenvalue weighted by Gasteiger charge is -2.39. The number of hydrogen-bond donors (Lipinski definition) is 2. The van der Waals surface area contributed by atoms with Gasteiger partial charge >= 0.3 is 12.1 Å². The maximum absolute atomic E-state index is 13.9. The highest BCUT2D eigenvalue weighted by molar-refractivity contribution is 9.11. The van der Waals surface area contributed by atoms with Gasteiger partial charge in [0.1, 0.15) is 5.75 Å². The van der Waals surface area contributed by atoms with E-state index in [1.807, 2.05) is 34.1 Å². The summed E-state index contributed by atoms with van der Waals surface area (Å²) in [5.74, 6) is 1.11. The quantitative estimate of drug-likeness (QED) is 0.364. The third kappa shape index (κ3) is 7.65. The Balaban J connectivity index is 1.09. The lowest BCUT2D eigenvalue weighted by atomic mass is 9.80. The number of amides is 4. The van der Waals surface area contributed by atoms with E-state index < -0.39 is 12.2 Å². The minimum atomic E-state index is -0.997. The van der Waals surface area contributed by atoms with Crippen molar-refractivity contribution in [1.29, 1.82) is 0 Å². The van der Waals surface area contributed by atoms with E-state index in [4.69, 9.17) is 9.47 Å². The topological polar surface area (TPSA) is 112 Å². The number of carbonyl (C=O) groups excluding carboxylic acids is 3. The number of piperidine rings is 2. The molecule has 2 N–H and O–H groups in total. The van der Waals surface area contributed by atoms with E-state index in [0.29, 0.717) is 66.3 Å². The van der Waals surface area contributed by atoms with Crippen LogP contribution in [0.1, 0.15) is 49.7 Å². The van der Waals surface area contributed by atoms with E-state index in [0.717, 1.165) is 62.1 Å². The number of nitrogens with one attached hydrogen (secondary N) is 1. The number of phenols is 1. The number of hydrogen-bond acceptors (Lipinski definition) is 6. The van der Waals surface area contributed by atoms with Gasteiger partial charge in [-0.2, -0.15) is 0 Å². The Labute approximate surface area is 287 Å². The zero-order valence-electron chi connectivity index (χ0n) is 26.0. The van der Waals surface area contributed by atoms with Crippen molar-refractivity contribution in [3.63, 3.8) is 0 Å². The van der Waals surface area contributed by atoms with Crippen molar-refractivity contribution in [1.82, 2.24) is 14.7 Å². The summed E-state index contributed by atoms with van der Waals surface area (Å²) in [5.41, 5.74) is 2.73. The van der Waals surface area contributed by atoms with Crippen LogP contribution in [0.4, 0.5) is 15.3 Å². The van der Waals surface area contributed by atoms with Gasteiger partial charge in [-0.3, -0.25) is 4.79 Å². The van der Waals surface area contributed by atoms with Crippen molar-refractivity contribution in [3.8, 4) is 5.75 Å². The minimum Gasteiger partial charge on any atom is -0.506 e. The highest BCUT2D eigenvalue weighted by Gasteiger charge is 2.36. The molecule has 2 aromatic rings. The third-order valence-corrected chi connectivity index (χ3v) is 11.3. The molecule has 0 radical (unpaired) electrons. The number of anilines is 1. The molecule has 0 bridgehead atoms. The summed E-state index contributed by atoms with van der Waals surface area (Å²) in [6.45, 7) is 4.42. The van der Waals surface area contributed by atoms with Gasteiger partial charge in [0.15, 0.2) is 6.10 Å². The van der Waals surface area contributed by atoms with Gasteiger partial charge in [-0.25, -0.2) is 9.59 Å². The smallest absolute Gasteiger partial charge is 0.410 e. The molecule has 0 aromatic heterocycles. The largest absolute Gasteiger partial charge is 0.506 e. The first-order valence-electron chi connectivity index (χ1n) is 16.4. The van der Waals surface area contributed by atoms with Gasteiger partial charge < -0.3 is 34.6 Å². The molecule has 10 nitrogen and oxygen atoms in total. The molecule has 4 heterocycles. The molecule has 4 aliphatic heterocycles. The van der Waals surface area contributed by atoms with Crippen LogP contribution in [0.2, 0.25) is 0 Å². The summed E-state index contributed by atoms with van der Waals surface area (Å²) < 4.78 is 12.6. The van der Waals surface area contributed by atoms with E-state index in [2.05, 4.69) is 37.2 Å². The number of urea groups is 1. The van der Waals surface area contributed by atoms with Crippen LogP contribution < -0.4 is 5.32 Å². The fraction of sp³-hybridized carbons (Fsp3) is 0.559. The molecular weight excluding hydrogens is 720 g/mol. The summed E-state index contributed by atoms with van der Waals surface area (Å²) in [4.78, 5) is 45.9.